The zero-order chi connectivity index (χ0) is 25.0. The Kier molecular flexibility index (Phi) is 5.23. The van der Waals surface area contributed by atoms with Gasteiger partial charge in [-0.1, -0.05) is 54.6 Å². The Morgan fingerprint density at radius 3 is 2.24 bits per heavy atom. The summed E-state index contributed by atoms with van der Waals surface area (Å²) in [5.41, 5.74) is 3.63. The van der Waals surface area contributed by atoms with Crippen LogP contribution in [-0.4, -0.2) is 52.2 Å². The number of benzene rings is 4. The molecule has 0 atom stereocenters. The summed E-state index contributed by atoms with van der Waals surface area (Å²) in [4.78, 5) is 25.1. The predicted molar refractivity (Wildman–Crippen MR) is 145 cm³/mol. The molecule has 7 heteroatoms. The van der Waals surface area contributed by atoms with Crippen molar-refractivity contribution in [3.05, 3.63) is 78.1 Å². The molecule has 1 aromatic heterocycles. The van der Waals surface area contributed by atoms with Gasteiger partial charge in [0.1, 0.15) is 0 Å². The van der Waals surface area contributed by atoms with Gasteiger partial charge in [0.15, 0.2) is 0 Å². The molecule has 2 saturated heterocycles. The Bertz CT molecular complexity index is 1590. The molecule has 0 aliphatic carbocycles. The average Bonchev–Trinajstić information content (AvgIpc) is 3.34. The van der Waals surface area contributed by atoms with Crippen LogP contribution < -0.4 is 10.4 Å². The number of anilines is 1. The number of aromatic nitrogens is 2. The summed E-state index contributed by atoms with van der Waals surface area (Å²) in [6.45, 7) is 5.07. The van der Waals surface area contributed by atoms with E-state index in [0.717, 1.165) is 45.6 Å². The van der Waals surface area contributed by atoms with E-state index in [1.807, 2.05) is 0 Å². The molecule has 0 saturated carbocycles. The van der Waals surface area contributed by atoms with Crippen LogP contribution in [0.2, 0.25) is 0 Å². The van der Waals surface area contributed by atoms with Crippen LogP contribution in [0, 0.1) is 5.41 Å². The van der Waals surface area contributed by atoms with Gasteiger partial charge in [-0.3, -0.25) is 14.9 Å². The average molecular weight is 492 g/mol. The number of hydrogen-bond acceptors (Lipinski definition) is 6. The fourth-order valence-corrected chi connectivity index (χ4v) is 6.59. The van der Waals surface area contributed by atoms with Gasteiger partial charge in [-0.15, -0.1) is 0 Å². The second-order valence-corrected chi connectivity index (χ2v) is 10.7. The highest BCUT2D eigenvalue weighted by Gasteiger charge is 2.41. The maximum Gasteiger partial charge on any atom is 0.277 e. The Morgan fingerprint density at radius 2 is 1.51 bits per heavy atom. The van der Waals surface area contributed by atoms with Crippen molar-refractivity contribution in [1.29, 1.82) is 0 Å². The molecule has 3 heterocycles. The Morgan fingerprint density at radius 1 is 0.865 bits per heavy atom. The number of rotatable bonds is 4. The van der Waals surface area contributed by atoms with E-state index in [4.69, 9.17) is 5.21 Å². The van der Waals surface area contributed by atoms with E-state index >= 15 is 0 Å². The Hall–Kier alpha value is -3.81. The zero-order valence-electron chi connectivity index (χ0n) is 20.7. The molecule has 7 rings (SSSR count). The molecule has 186 valence electrons. The topological polar surface area (TPSA) is 81.6 Å². The maximum absolute atomic E-state index is 11.5. The van der Waals surface area contributed by atoms with Crippen molar-refractivity contribution < 1.29 is 10.0 Å². The lowest BCUT2D eigenvalue weighted by Crippen LogP contribution is -2.42. The van der Waals surface area contributed by atoms with Gasteiger partial charge in [0.25, 0.3) is 5.91 Å². The zero-order valence-corrected chi connectivity index (χ0v) is 20.7. The van der Waals surface area contributed by atoms with E-state index in [1.54, 1.807) is 5.48 Å². The SMILES string of the molecule is O=C(NO)c1cnc(N2CCC3(CCN(Cc4ccc5ccc6cccc7ccc4c5c67)C3)CC2)nc1. The lowest BCUT2D eigenvalue weighted by atomic mass is 9.78. The minimum Gasteiger partial charge on any atom is -0.341 e. The van der Waals surface area contributed by atoms with Gasteiger partial charge in [0.2, 0.25) is 5.95 Å². The van der Waals surface area contributed by atoms with Crippen LogP contribution in [0.3, 0.4) is 0 Å². The number of carbonyl (C=O) groups is 1. The van der Waals surface area contributed by atoms with Crippen molar-refractivity contribution in [3.8, 4) is 0 Å². The monoisotopic (exact) mass is 491 g/mol. The third-order valence-electron chi connectivity index (χ3n) is 8.64. The number of hydrogen-bond donors (Lipinski definition) is 2. The smallest absolute Gasteiger partial charge is 0.277 e. The number of amides is 1. The molecular formula is C30H29N5O2. The van der Waals surface area contributed by atoms with Crippen LogP contribution in [0.25, 0.3) is 32.3 Å². The maximum atomic E-state index is 11.5. The molecule has 1 amide bonds. The third kappa shape index (κ3) is 3.77. The summed E-state index contributed by atoms with van der Waals surface area (Å²) in [6.07, 6.45) is 6.38. The molecule has 0 radical (unpaired) electrons. The summed E-state index contributed by atoms with van der Waals surface area (Å²) in [7, 11) is 0. The quantitative estimate of drug-likeness (QED) is 0.210. The fraction of sp³-hybridized carbons (Fsp3) is 0.300. The molecular weight excluding hydrogens is 462 g/mol. The van der Waals surface area contributed by atoms with Crippen LogP contribution in [0.5, 0.6) is 0 Å². The molecule has 2 aliphatic heterocycles. The summed E-state index contributed by atoms with van der Waals surface area (Å²) in [5, 5.41) is 16.9. The summed E-state index contributed by atoms with van der Waals surface area (Å²) < 4.78 is 0. The van der Waals surface area contributed by atoms with Gasteiger partial charge >= 0.3 is 0 Å². The standard InChI is InChI=1S/C30H29N5O2/c36-28(33-37)24-16-31-29(32-17-24)35-14-11-30(12-15-35)10-13-34(19-30)18-23-7-6-22-5-4-20-2-1-3-21-8-9-25(23)27(22)26(20)21/h1-9,16-17,37H,10-15,18-19H2,(H,33,36). The lowest BCUT2D eigenvalue weighted by Gasteiger charge is -2.39. The number of nitrogens with one attached hydrogen (secondary N) is 1. The van der Waals surface area contributed by atoms with E-state index in [2.05, 4.69) is 74.4 Å². The van der Waals surface area contributed by atoms with Gasteiger partial charge in [-0.05, 0) is 69.1 Å². The first-order chi connectivity index (χ1) is 18.1. The highest BCUT2D eigenvalue weighted by molar-refractivity contribution is 6.23. The predicted octanol–water partition coefficient (Wildman–Crippen LogP) is 4.99. The van der Waals surface area contributed by atoms with Gasteiger partial charge in [0.05, 0.1) is 5.56 Å². The number of nitrogens with zero attached hydrogens (tertiary/aromatic N) is 4. The molecule has 4 aromatic carbocycles. The minimum absolute atomic E-state index is 0.248. The molecule has 1 spiro atoms. The molecule has 0 bridgehead atoms. The number of carbonyl (C=O) groups excluding carboxylic acids is 1. The number of likely N-dealkylation sites (tertiary alicyclic amines) is 1. The van der Waals surface area contributed by atoms with E-state index in [9.17, 15) is 4.79 Å². The summed E-state index contributed by atoms with van der Waals surface area (Å²) >= 11 is 0. The van der Waals surface area contributed by atoms with E-state index in [0.29, 0.717) is 11.4 Å². The summed E-state index contributed by atoms with van der Waals surface area (Å²) in [5.74, 6) is 0.0488. The lowest BCUT2D eigenvalue weighted by molar-refractivity contribution is 0.0705. The summed E-state index contributed by atoms with van der Waals surface area (Å²) in [6, 6.07) is 20.3. The second-order valence-electron chi connectivity index (χ2n) is 10.7. The van der Waals surface area contributed by atoms with Crippen LogP contribution >= 0.6 is 0 Å². The van der Waals surface area contributed by atoms with Gasteiger partial charge < -0.3 is 4.90 Å². The van der Waals surface area contributed by atoms with Crippen LogP contribution in [0.1, 0.15) is 35.2 Å². The molecule has 5 aromatic rings. The fourth-order valence-electron chi connectivity index (χ4n) is 6.59. The molecule has 7 nitrogen and oxygen atoms in total. The molecule has 37 heavy (non-hydrogen) atoms. The van der Waals surface area contributed by atoms with E-state index < -0.39 is 5.91 Å². The molecule has 2 fully saturated rings. The van der Waals surface area contributed by atoms with Crippen molar-refractivity contribution in [2.45, 2.75) is 25.8 Å². The Balaban J connectivity index is 1.07. The van der Waals surface area contributed by atoms with Gasteiger partial charge in [0, 0.05) is 38.6 Å². The molecule has 2 aliphatic rings. The largest absolute Gasteiger partial charge is 0.341 e. The highest BCUT2D eigenvalue weighted by atomic mass is 16.5. The molecule has 0 unspecified atom stereocenters. The van der Waals surface area contributed by atoms with Crippen molar-refractivity contribution in [2.24, 2.45) is 5.41 Å². The first kappa shape index (κ1) is 22.4. The first-order valence-electron chi connectivity index (χ1n) is 13.0. The van der Waals surface area contributed by atoms with Crippen LogP contribution in [0.15, 0.2) is 67.0 Å². The normalized spacial score (nSPS) is 17.9. The third-order valence-corrected chi connectivity index (χ3v) is 8.64. The van der Waals surface area contributed by atoms with E-state index in [1.165, 1.54) is 56.7 Å². The number of hydroxylamine groups is 1. The number of piperidine rings is 1. The second kappa shape index (κ2) is 8.64. The van der Waals surface area contributed by atoms with Crippen molar-refractivity contribution >= 4 is 44.2 Å². The van der Waals surface area contributed by atoms with Crippen LogP contribution in [-0.2, 0) is 6.54 Å². The van der Waals surface area contributed by atoms with Gasteiger partial charge in [-0.2, -0.15) is 0 Å². The van der Waals surface area contributed by atoms with Crippen molar-refractivity contribution in [3.63, 3.8) is 0 Å². The van der Waals surface area contributed by atoms with E-state index in [-0.39, 0.29) is 5.56 Å². The Labute approximate surface area is 215 Å². The van der Waals surface area contributed by atoms with Crippen molar-refractivity contribution in [2.75, 3.05) is 31.1 Å². The van der Waals surface area contributed by atoms with Crippen LogP contribution in [0.4, 0.5) is 5.95 Å². The highest BCUT2D eigenvalue weighted by Crippen LogP contribution is 2.42. The molecule has 2 N–H and O–H groups in total. The van der Waals surface area contributed by atoms with Gasteiger partial charge in [-0.25, -0.2) is 15.4 Å². The minimum atomic E-state index is -0.597. The van der Waals surface area contributed by atoms with Crippen molar-refractivity contribution in [1.82, 2.24) is 20.3 Å². The first-order valence-corrected chi connectivity index (χ1v) is 13.0.